The molecule has 1 fully saturated rings. The van der Waals surface area contributed by atoms with Crippen LogP contribution >= 0.6 is 11.3 Å². The third kappa shape index (κ3) is 3.32. The second-order valence-electron chi connectivity index (χ2n) is 5.80. The first kappa shape index (κ1) is 16.1. The van der Waals surface area contributed by atoms with Crippen LogP contribution in [0.4, 0.5) is 10.7 Å². The van der Waals surface area contributed by atoms with Crippen molar-refractivity contribution in [3.63, 3.8) is 0 Å². The molecule has 0 spiro atoms. The molecule has 6 heteroatoms. The number of thiophene rings is 1. The number of carbonyl (C=O) groups excluding carboxylic acids is 1. The van der Waals surface area contributed by atoms with E-state index >= 15 is 0 Å². The molecule has 0 bridgehead atoms. The number of nitrogens with zero attached hydrogens (tertiary/aromatic N) is 1. The quantitative estimate of drug-likeness (QED) is 0.836. The van der Waals surface area contributed by atoms with Crippen molar-refractivity contribution in [2.24, 2.45) is 0 Å². The molecule has 1 aliphatic rings. The maximum Gasteiger partial charge on any atom is 0.177 e. The van der Waals surface area contributed by atoms with Gasteiger partial charge in [-0.2, -0.15) is 0 Å². The molecule has 118 valence electrons. The fourth-order valence-electron chi connectivity index (χ4n) is 2.66. The first-order valence-corrected chi connectivity index (χ1v) is 8.18. The van der Waals surface area contributed by atoms with Gasteiger partial charge in [-0.25, -0.2) is 0 Å². The molecule has 3 N–H and O–H groups in total. The van der Waals surface area contributed by atoms with Crippen molar-refractivity contribution in [3.8, 4) is 5.75 Å². The highest BCUT2D eigenvalue weighted by Gasteiger charge is 2.29. The highest BCUT2D eigenvalue weighted by atomic mass is 32.1. The van der Waals surface area contributed by atoms with Gasteiger partial charge in [-0.1, -0.05) is 6.92 Å². The third-order valence-electron chi connectivity index (χ3n) is 4.01. The van der Waals surface area contributed by atoms with Crippen LogP contribution in [0.1, 0.15) is 49.2 Å². The van der Waals surface area contributed by atoms with Gasteiger partial charge in [0.05, 0.1) is 23.3 Å². The summed E-state index contributed by atoms with van der Waals surface area (Å²) in [6.07, 6.45) is 2.82. The molecule has 0 aromatic carbocycles. The van der Waals surface area contributed by atoms with E-state index in [4.69, 9.17) is 10.5 Å². The minimum Gasteiger partial charge on any atom is -0.492 e. The highest BCUT2D eigenvalue weighted by Crippen LogP contribution is 2.46. The van der Waals surface area contributed by atoms with E-state index in [1.807, 2.05) is 13.8 Å². The van der Waals surface area contributed by atoms with Gasteiger partial charge in [-0.15, -0.1) is 11.3 Å². The van der Waals surface area contributed by atoms with Crippen LogP contribution in [0.3, 0.4) is 0 Å². The van der Waals surface area contributed by atoms with Crippen molar-refractivity contribution in [2.45, 2.75) is 45.1 Å². The maximum absolute atomic E-state index is 12.0. The topological polar surface area (TPSA) is 75.8 Å². The van der Waals surface area contributed by atoms with Crippen molar-refractivity contribution in [3.05, 3.63) is 4.88 Å². The van der Waals surface area contributed by atoms with Crippen LogP contribution in [-0.4, -0.2) is 36.7 Å². The zero-order chi connectivity index (χ0) is 15.6. The van der Waals surface area contributed by atoms with Gasteiger partial charge in [0.15, 0.2) is 11.5 Å². The lowest BCUT2D eigenvalue weighted by Gasteiger charge is -2.23. The maximum atomic E-state index is 12.0. The predicted molar refractivity (Wildman–Crippen MR) is 86.6 cm³/mol. The Hall–Kier alpha value is -1.27. The summed E-state index contributed by atoms with van der Waals surface area (Å²) in [6.45, 7) is 5.29. The Kier molecular flexibility index (Phi) is 4.78. The van der Waals surface area contributed by atoms with Gasteiger partial charge >= 0.3 is 0 Å². The average Bonchev–Trinajstić information content (AvgIpc) is 2.66. The Labute approximate surface area is 129 Å². The number of aliphatic hydroxyl groups is 1. The number of nitrogens with two attached hydrogens (primary N) is 1. The van der Waals surface area contributed by atoms with Crippen LogP contribution in [0.25, 0.3) is 0 Å². The molecule has 2 heterocycles. The summed E-state index contributed by atoms with van der Waals surface area (Å²) in [6, 6.07) is 0. The number of hydrogen-bond donors (Lipinski definition) is 2. The number of carbonyl (C=O) groups is 1. The van der Waals surface area contributed by atoms with Crippen molar-refractivity contribution >= 4 is 27.8 Å². The molecule has 1 aliphatic heterocycles. The Balaban J connectivity index is 2.32. The zero-order valence-corrected chi connectivity index (χ0v) is 13.8. The normalized spacial score (nSPS) is 23.0. The number of ketones is 1. The van der Waals surface area contributed by atoms with Crippen molar-refractivity contribution in [1.29, 1.82) is 0 Å². The number of methoxy groups -OCH3 is 1. The molecule has 1 aromatic heterocycles. The molecule has 2 rings (SSSR count). The fraction of sp³-hybridized carbons (Fsp3) is 0.667. The molecule has 21 heavy (non-hydrogen) atoms. The van der Waals surface area contributed by atoms with Gasteiger partial charge < -0.3 is 20.5 Å². The fourth-order valence-corrected chi connectivity index (χ4v) is 3.91. The number of ether oxygens (including phenoxy) is 1. The minimum absolute atomic E-state index is 0.0452. The van der Waals surface area contributed by atoms with E-state index < -0.39 is 5.60 Å². The second kappa shape index (κ2) is 6.23. The van der Waals surface area contributed by atoms with E-state index in [1.54, 1.807) is 7.11 Å². The largest absolute Gasteiger partial charge is 0.492 e. The third-order valence-corrected chi connectivity index (χ3v) is 5.30. The number of Topliss-reactive ketones (excluding diaryl/α,β-unsaturated/α-hetero) is 1. The van der Waals surface area contributed by atoms with Crippen molar-refractivity contribution in [1.82, 2.24) is 0 Å². The molecule has 0 aliphatic carbocycles. The summed E-state index contributed by atoms with van der Waals surface area (Å²) in [5, 5.41) is 11.1. The molecule has 5 nitrogen and oxygen atoms in total. The van der Waals surface area contributed by atoms with Crippen molar-refractivity contribution in [2.75, 3.05) is 30.8 Å². The minimum atomic E-state index is -0.618. The summed E-state index contributed by atoms with van der Waals surface area (Å²) < 4.78 is 5.43. The monoisotopic (exact) mass is 312 g/mol. The molecule has 1 saturated heterocycles. The van der Waals surface area contributed by atoms with E-state index in [0.717, 1.165) is 30.9 Å². The van der Waals surface area contributed by atoms with Crippen LogP contribution in [0.5, 0.6) is 5.75 Å². The Morgan fingerprint density at radius 3 is 2.81 bits per heavy atom. The highest BCUT2D eigenvalue weighted by molar-refractivity contribution is 7.19. The number of rotatable bonds is 4. The second-order valence-corrected chi connectivity index (χ2v) is 6.80. The summed E-state index contributed by atoms with van der Waals surface area (Å²) >= 11 is 1.40. The lowest BCUT2D eigenvalue weighted by molar-refractivity contribution is 0.0481. The van der Waals surface area contributed by atoms with Crippen LogP contribution in [0.2, 0.25) is 0 Å². The Morgan fingerprint density at radius 1 is 1.48 bits per heavy atom. The zero-order valence-electron chi connectivity index (χ0n) is 12.9. The standard InChI is InChI=1S/C15H24N2O3S/c1-4-10(18)13-11(16)12(20-3)14(21-13)17-8-5-6-15(2,19)7-9-17/h19H,4-9,16H2,1-3H3. The van der Waals surface area contributed by atoms with Crippen LogP contribution in [0, 0.1) is 0 Å². The van der Waals surface area contributed by atoms with Gasteiger partial charge in [-0.05, 0) is 26.2 Å². The predicted octanol–water partition coefficient (Wildman–Crippen LogP) is 2.67. The van der Waals surface area contributed by atoms with Crippen LogP contribution < -0.4 is 15.4 Å². The van der Waals surface area contributed by atoms with E-state index in [1.165, 1.54) is 11.3 Å². The molecule has 0 amide bonds. The number of nitrogen functional groups attached to an aromatic ring is 1. The SMILES string of the molecule is CCC(=O)c1sc(N2CCCC(C)(O)CC2)c(OC)c1N. The summed E-state index contributed by atoms with van der Waals surface area (Å²) in [4.78, 5) is 14.7. The average molecular weight is 312 g/mol. The Morgan fingerprint density at radius 2 is 2.19 bits per heavy atom. The number of anilines is 2. The van der Waals surface area contributed by atoms with E-state index in [-0.39, 0.29) is 5.78 Å². The van der Waals surface area contributed by atoms with Gasteiger partial charge in [0, 0.05) is 19.5 Å². The summed E-state index contributed by atoms with van der Waals surface area (Å²) in [5.41, 5.74) is 5.91. The van der Waals surface area contributed by atoms with Gasteiger partial charge in [0.25, 0.3) is 0 Å². The first-order chi connectivity index (χ1) is 9.89. The molecule has 1 aromatic rings. The smallest absolute Gasteiger partial charge is 0.177 e. The lowest BCUT2D eigenvalue weighted by Crippen LogP contribution is -2.28. The van der Waals surface area contributed by atoms with Gasteiger partial charge in [0.1, 0.15) is 5.00 Å². The molecular formula is C15H24N2O3S. The van der Waals surface area contributed by atoms with E-state index in [9.17, 15) is 9.90 Å². The summed E-state index contributed by atoms with van der Waals surface area (Å²) in [5.74, 6) is 0.641. The summed E-state index contributed by atoms with van der Waals surface area (Å²) in [7, 11) is 1.58. The van der Waals surface area contributed by atoms with Crippen LogP contribution in [0.15, 0.2) is 0 Å². The van der Waals surface area contributed by atoms with E-state index in [2.05, 4.69) is 4.90 Å². The molecule has 1 unspecified atom stereocenters. The molecular weight excluding hydrogens is 288 g/mol. The van der Waals surface area contributed by atoms with Crippen molar-refractivity contribution < 1.29 is 14.6 Å². The van der Waals surface area contributed by atoms with Gasteiger partial charge in [-0.3, -0.25) is 4.79 Å². The van der Waals surface area contributed by atoms with E-state index in [0.29, 0.717) is 29.2 Å². The lowest BCUT2D eigenvalue weighted by atomic mass is 9.98. The Bertz CT molecular complexity index is 525. The van der Waals surface area contributed by atoms with Gasteiger partial charge in [0.2, 0.25) is 0 Å². The van der Waals surface area contributed by atoms with Crippen LogP contribution in [-0.2, 0) is 0 Å². The molecule has 0 saturated carbocycles. The number of hydrogen-bond acceptors (Lipinski definition) is 6. The molecule has 0 radical (unpaired) electrons. The first-order valence-electron chi connectivity index (χ1n) is 7.36. The molecule has 1 atom stereocenters.